The van der Waals surface area contributed by atoms with Gasteiger partial charge in [-0.05, 0) is 54.3 Å². The molecule has 2 aromatic carbocycles. The number of nitrogens with zero attached hydrogens (tertiary/aromatic N) is 3. The normalized spacial score (nSPS) is 11.9. The van der Waals surface area contributed by atoms with E-state index in [9.17, 15) is 13.2 Å². The van der Waals surface area contributed by atoms with E-state index in [0.29, 0.717) is 24.3 Å². The Kier molecular flexibility index (Phi) is 7.83. The molecule has 0 unspecified atom stereocenters. The maximum Gasteiger partial charge on any atom is 0.248 e. The molecular weight excluding hydrogens is 492 g/mol. The SMILES string of the molecule is CCN(CC)S(=O)(=O)c1cc(NC(=O)C=Cc2cn(-c3ccccc3)nc2-c2cccs2)ccc1C. The van der Waals surface area contributed by atoms with Crippen LogP contribution in [-0.4, -0.2) is 41.5 Å². The lowest BCUT2D eigenvalue weighted by atomic mass is 10.2. The molecule has 0 saturated heterocycles. The van der Waals surface area contributed by atoms with Crippen LogP contribution in [0.1, 0.15) is 25.0 Å². The number of nitrogens with one attached hydrogen (secondary N) is 1. The van der Waals surface area contributed by atoms with E-state index >= 15 is 0 Å². The third-order valence-corrected chi connectivity index (χ3v) is 8.78. The Morgan fingerprint density at radius 2 is 1.83 bits per heavy atom. The molecule has 0 fully saturated rings. The average Bonchev–Trinajstić information content (AvgIpc) is 3.55. The highest BCUT2D eigenvalue weighted by Gasteiger charge is 2.24. The van der Waals surface area contributed by atoms with E-state index in [1.807, 2.05) is 54.0 Å². The highest BCUT2D eigenvalue weighted by molar-refractivity contribution is 7.89. The molecule has 0 bridgehead atoms. The molecule has 186 valence electrons. The first-order valence-electron chi connectivity index (χ1n) is 11.6. The van der Waals surface area contributed by atoms with Crippen molar-refractivity contribution in [2.75, 3.05) is 18.4 Å². The van der Waals surface area contributed by atoms with Gasteiger partial charge in [0.2, 0.25) is 15.9 Å². The zero-order valence-corrected chi connectivity index (χ0v) is 22.0. The molecule has 0 atom stereocenters. The van der Waals surface area contributed by atoms with Gasteiger partial charge in [0.15, 0.2) is 0 Å². The smallest absolute Gasteiger partial charge is 0.248 e. The number of carbonyl (C=O) groups is 1. The summed E-state index contributed by atoms with van der Waals surface area (Å²) >= 11 is 1.58. The highest BCUT2D eigenvalue weighted by atomic mass is 32.2. The van der Waals surface area contributed by atoms with Gasteiger partial charge in [-0.2, -0.15) is 9.40 Å². The molecule has 7 nitrogen and oxygen atoms in total. The summed E-state index contributed by atoms with van der Waals surface area (Å²) in [5.74, 6) is -0.366. The van der Waals surface area contributed by atoms with Crippen LogP contribution in [0.3, 0.4) is 0 Å². The van der Waals surface area contributed by atoms with E-state index in [0.717, 1.165) is 21.8 Å². The molecular formula is C27H28N4O3S2. The number of aromatic nitrogens is 2. The molecule has 4 rings (SSSR count). The third-order valence-electron chi connectivity index (χ3n) is 5.71. The van der Waals surface area contributed by atoms with Gasteiger partial charge in [0.25, 0.3) is 0 Å². The van der Waals surface area contributed by atoms with Gasteiger partial charge in [0.1, 0.15) is 5.69 Å². The first-order valence-corrected chi connectivity index (χ1v) is 13.9. The van der Waals surface area contributed by atoms with Crippen LogP contribution in [0.15, 0.2) is 83.2 Å². The van der Waals surface area contributed by atoms with Crippen molar-refractivity contribution in [1.29, 1.82) is 0 Å². The van der Waals surface area contributed by atoms with Crippen molar-refractivity contribution in [3.8, 4) is 16.3 Å². The molecule has 36 heavy (non-hydrogen) atoms. The second kappa shape index (κ2) is 11.0. The van der Waals surface area contributed by atoms with Gasteiger partial charge in [-0.15, -0.1) is 11.3 Å². The molecule has 2 aromatic heterocycles. The second-order valence-corrected chi connectivity index (χ2v) is 10.9. The van der Waals surface area contributed by atoms with E-state index in [1.165, 1.54) is 16.4 Å². The monoisotopic (exact) mass is 520 g/mol. The summed E-state index contributed by atoms with van der Waals surface area (Å²) in [6.45, 7) is 6.11. The second-order valence-electron chi connectivity index (χ2n) is 8.08. The van der Waals surface area contributed by atoms with Crippen molar-refractivity contribution in [1.82, 2.24) is 14.1 Å². The number of benzene rings is 2. The fraction of sp³-hybridized carbons (Fsp3) is 0.185. The number of anilines is 1. The molecule has 9 heteroatoms. The fourth-order valence-electron chi connectivity index (χ4n) is 3.83. The Morgan fingerprint density at radius 1 is 1.08 bits per heavy atom. The van der Waals surface area contributed by atoms with E-state index in [1.54, 1.807) is 55.0 Å². The quantitative estimate of drug-likeness (QED) is 0.292. The van der Waals surface area contributed by atoms with Crippen molar-refractivity contribution < 1.29 is 13.2 Å². The standard InChI is InChI=1S/C27H28N4O3S2/c1-4-30(5-2)36(33,34)25-18-22(15-13-20(25)3)28-26(32)16-14-21-19-31(23-10-7-6-8-11-23)29-27(21)24-12-9-17-35-24/h6-19H,4-5H2,1-3H3,(H,28,32). The van der Waals surface area contributed by atoms with E-state index < -0.39 is 10.0 Å². The predicted molar refractivity (Wildman–Crippen MR) is 146 cm³/mol. The van der Waals surface area contributed by atoms with Crippen LogP contribution in [0, 0.1) is 6.92 Å². The van der Waals surface area contributed by atoms with Crippen molar-refractivity contribution in [3.05, 3.63) is 89.4 Å². The zero-order valence-electron chi connectivity index (χ0n) is 20.4. The maximum atomic E-state index is 13.0. The van der Waals surface area contributed by atoms with Crippen LogP contribution in [-0.2, 0) is 14.8 Å². The summed E-state index contributed by atoms with van der Waals surface area (Å²) in [6, 6.07) is 18.6. The average molecular weight is 521 g/mol. The van der Waals surface area contributed by atoms with Gasteiger partial charge in [-0.25, -0.2) is 13.1 Å². The topological polar surface area (TPSA) is 84.3 Å². The van der Waals surface area contributed by atoms with E-state index in [2.05, 4.69) is 5.32 Å². The van der Waals surface area contributed by atoms with Gasteiger partial charge >= 0.3 is 0 Å². The minimum absolute atomic E-state index is 0.192. The molecule has 0 spiro atoms. The Bertz CT molecular complexity index is 1470. The predicted octanol–water partition coefficient (Wildman–Crippen LogP) is 5.59. The van der Waals surface area contributed by atoms with Crippen LogP contribution in [0.2, 0.25) is 0 Å². The first kappa shape index (κ1) is 25.6. The molecule has 0 radical (unpaired) electrons. The van der Waals surface area contributed by atoms with Gasteiger partial charge < -0.3 is 5.32 Å². The summed E-state index contributed by atoms with van der Waals surface area (Å²) in [6.07, 6.45) is 5.04. The minimum atomic E-state index is -3.65. The van der Waals surface area contributed by atoms with Crippen LogP contribution in [0.5, 0.6) is 0 Å². The van der Waals surface area contributed by atoms with Crippen molar-refractivity contribution in [2.24, 2.45) is 0 Å². The molecule has 1 N–H and O–H groups in total. The highest BCUT2D eigenvalue weighted by Crippen LogP contribution is 2.29. The number of para-hydroxylation sites is 1. The Labute approximate surface area is 215 Å². The van der Waals surface area contributed by atoms with Crippen molar-refractivity contribution in [3.63, 3.8) is 0 Å². The minimum Gasteiger partial charge on any atom is -0.322 e. The van der Waals surface area contributed by atoms with Crippen LogP contribution in [0.4, 0.5) is 5.69 Å². The molecule has 1 amide bonds. The number of amides is 1. The van der Waals surface area contributed by atoms with Crippen LogP contribution in [0.25, 0.3) is 22.3 Å². The Hall–Kier alpha value is -3.53. The third kappa shape index (κ3) is 5.48. The zero-order chi connectivity index (χ0) is 25.7. The summed E-state index contributed by atoms with van der Waals surface area (Å²) < 4.78 is 29.2. The summed E-state index contributed by atoms with van der Waals surface area (Å²) in [5, 5.41) is 9.51. The summed E-state index contributed by atoms with van der Waals surface area (Å²) in [5.41, 5.74) is 3.54. The number of aryl methyl sites for hydroxylation is 1. The van der Waals surface area contributed by atoms with E-state index in [-0.39, 0.29) is 10.8 Å². The van der Waals surface area contributed by atoms with Gasteiger partial charge in [-0.3, -0.25) is 4.79 Å². The number of rotatable bonds is 9. The molecule has 0 saturated carbocycles. The lowest BCUT2D eigenvalue weighted by Crippen LogP contribution is -2.31. The van der Waals surface area contributed by atoms with Crippen molar-refractivity contribution in [2.45, 2.75) is 25.7 Å². The van der Waals surface area contributed by atoms with Crippen LogP contribution < -0.4 is 5.32 Å². The molecule has 0 aliphatic rings. The Balaban J connectivity index is 1.59. The van der Waals surface area contributed by atoms with Gasteiger partial charge in [0.05, 0.1) is 15.5 Å². The lowest BCUT2D eigenvalue weighted by Gasteiger charge is -2.20. The summed E-state index contributed by atoms with van der Waals surface area (Å²) in [4.78, 5) is 14.0. The number of hydrogen-bond donors (Lipinski definition) is 1. The molecule has 0 aliphatic heterocycles. The molecule has 2 heterocycles. The molecule has 4 aromatic rings. The summed E-state index contributed by atoms with van der Waals surface area (Å²) in [7, 11) is -3.65. The lowest BCUT2D eigenvalue weighted by molar-refractivity contribution is -0.111. The first-order chi connectivity index (χ1) is 17.3. The van der Waals surface area contributed by atoms with Gasteiger partial charge in [0, 0.05) is 36.6 Å². The number of hydrogen-bond acceptors (Lipinski definition) is 5. The van der Waals surface area contributed by atoms with Gasteiger partial charge in [-0.1, -0.05) is 44.2 Å². The largest absolute Gasteiger partial charge is 0.322 e. The number of carbonyl (C=O) groups excluding carboxylic acids is 1. The number of sulfonamides is 1. The Morgan fingerprint density at radius 3 is 2.50 bits per heavy atom. The fourth-order valence-corrected chi connectivity index (χ4v) is 6.27. The van der Waals surface area contributed by atoms with E-state index in [4.69, 9.17) is 5.10 Å². The van der Waals surface area contributed by atoms with Crippen LogP contribution >= 0.6 is 11.3 Å². The number of thiophene rings is 1. The van der Waals surface area contributed by atoms with Crippen molar-refractivity contribution >= 4 is 39.0 Å². The maximum absolute atomic E-state index is 13.0. The molecule has 0 aliphatic carbocycles.